The maximum Gasteiger partial charge on any atom is 0.216 e. The lowest BCUT2D eigenvalue weighted by atomic mass is 9.39. The maximum atomic E-state index is 13.7. The van der Waals surface area contributed by atoms with E-state index in [1.165, 1.54) is 12.1 Å². The van der Waals surface area contributed by atoms with E-state index in [4.69, 9.17) is 0 Å². The summed E-state index contributed by atoms with van der Waals surface area (Å²) in [7, 11) is 0. The molecule has 0 N–H and O–H groups in total. The molecule has 3 aromatic carbocycles. The Labute approximate surface area is 184 Å². The molecule has 0 aliphatic carbocycles. The highest BCUT2D eigenvalue weighted by molar-refractivity contribution is 9.10. The molecule has 0 bridgehead atoms. The Bertz CT molecular complexity index is 1050. The summed E-state index contributed by atoms with van der Waals surface area (Å²) in [5, 5.41) is 0. The Hall–Kier alpha value is -2.73. The maximum absolute atomic E-state index is 13.7. The average Bonchev–Trinajstić information content (AvgIpc) is 3.18. The third-order valence-corrected chi connectivity index (χ3v) is 5.43. The zero-order valence-corrected chi connectivity index (χ0v) is 18.5. The van der Waals surface area contributed by atoms with E-state index in [0.29, 0.717) is 17.2 Å². The Morgan fingerprint density at radius 1 is 0.867 bits per heavy atom. The summed E-state index contributed by atoms with van der Waals surface area (Å²) in [4.78, 5) is 4.07. The lowest BCUT2D eigenvalue weighted by Gasteiger charge is -2.13. The van der Waals surface area contributed by atoms with Gasteiger partial charge < -0.3 is 4.57 Å². The van der Waals surface area contributed by atoms with Crippen molar-refractivity contribution in [3.8, 4) is 5.69 Å². The van der Waals surface area contributed by atoms with Gasteiger partial charge in [0.2, 0.25) is 6.71 Å². The molecule has 0 atom stereocenters. The number of aryl methyl sites for hydroxylation is 1. The van der Waals surface area contributed by atoms with Gasteiger partial charge in [-0.3, -0.25) is 0 Å². The molecule has 152 valence electrons. The van der Waals surface area contributed by atoms with Gasteiger partial charge in [-0.15, -0.1) is 0 Å². The second-order valence-electron chi connectivity index (χ2n) is 6.89. The molecule has 1 heterocycles. The van der Waals surface area contributed by atoms with Gasteiger partial charge in [0.15, 0.2) is 0 Å². The quantitative estimate of drug-likeness (QED) is 0.361. The van der Waals surface area contributed by atoms with E-state index in [2.05, 4.69) is 33.0 Å². The van der Waals surface area contributed by atoms with Crippen LogP contribution in [0.5, 0.6) is 0 Å². The molecule has 0 radical (unpaired) electrons. The predicted octanol–water partition coefficient (Wildman–Crippen LogP) is 5.54. The Balaban J connectivity index is 0.000000177. The molecule has 4 rings (SSSR count). The van der Waals surface area contributed by atoms with Crippen molar-refractivity contribution in [3.63, 3.8) is 0 Å². The predicted molar refractivity (Wildman–Crippen MR) is 124 cm³/mol. The van der Waals surface area contributed by atoms with Crippen LogP contribution in [0.2, 0.25) is 6.32 Å². The van der Waals surface area contributed by atoms with Crippen LogP contribution in [0.25, 0.3) is 5.69 Å². The zero-order chi connectivity index (χ0) is 21.5. The standard InChI is InChI=1S/C14H13BF2.C10H9BrN2/c1-2-15(11-7-3-5-9-13(11)16)12-8-4-6-10-14(12)17;1-8-6-12-7-13(8)10-4-2-9(11)3-5-10/h3-10H,2H2,1H3;2-7H,1H3. The summed E-state index contributed by atoms with van der Waals surface area (Å²) >= 11 is 3.40. The van der Waals surface area contributed by atoms with E-state index in [9.17, 15) is 8.78 Å². The monoisotopic (exact) mass is 466 g/mol. The number of aromatic nitrogens is 2. The van der Waals surface area contributed by atoms with E-state index in [0.717, 1.165) is 15.9 Å². The molecule has 0 fully saturated rings. The minimum Gasteiger partial charge on any atom is -0.304 e. The molecule has 30 heavy (non-hydrogen) atoms. The van der Waals surface area contributed by atoms with Gasteiger partial charge in [-0.2, -0.15) is 0 Å². The van der Waals surface area contributed by atoms with Crippen LogP contribution >= 0.6 is 15.9 Å². The molecule has 0 spiro atoms. The number of hydrogen-bond donors (Lipinski definition) is 0. The van der Waals surface area contributed by atoms with Crippen molar-refractivity contribution in [1.29, 1.82) is 0 Å². The van der Waals surface area contributed by atoms with E-state index < -0.39 is 0 Å². The molecule has 0 saturated heterocycles. The highest BCUT2D eigenvalue weighted by Gasteiger charge is 2.22. The molecular weight excluding hydrogens is 445 g/mol. The van der Waals surface area contributed by atoms with Crippen LogP contribution in [-0.2, 0) is 0 Å². The highest BCUT2D eigenvalue weighted by Crippen LogP contribution is 2.15. The number of benzene rings is 3. The van der Waals surface area contributed by atoms with Crippen LogP contribution in [0.4, 0.5) is 8.78 Å². The highest BCUT2D eigenvalue weighted by atomic mass is 79.9. The number of hydrogen-bond acceptors (Lipinski definition) is 1. The SMILES string of the molecule is CCB(c1ccccc1F)c1ccccc1F.Cc1cncn1-c1ccc(Br)cc1. The molecule has 6 heteroatoms. The van der Waals surface area contributed by atoms with Gasteiger partial charge >= 0.3 is 0 Å². The third-order valence-electron chi connectivity index (χ3n) is 4.90. The smallest absolute Gasteiger partial charge is 0.216 e. The van der Waals surface area contributed by atoms with Crippen LogP contribution < -0.4 is 10.9 Å². The minimum absolute atomic E-state index is 0.225. The van der Waals surface area contributed by atoms with Crippen LogP contribution in [0, 0.1) is 18.6 Å². The van der Waals surface area contributed by atoms with Crippen molar-refractivity contribution in [2.75, 3.05) is 0 Å². The van der Waals surface area contributed by atoms with E-state index in [1.54, 1.807) is 36.4 Å². The van der Waals surface area contributed by atoms with Gasteiger partial charge in [-0.1, -0.05) is 65.6 Å². The molecule has 0 amide bonds. The molecular formula is C24H22BBrF2N2. The summed E-state index contributed by atoms with van der Waals surface area (Å²) in [5.74, 6) is -0.551. The van der Waals surface area contributed by atoms with E-state index >= 15 is 0 Å². The first-order chi connectivity index (χ1) is 14.5. The first-order valence-electron chi connectivity index (χ1n) is 9.75. The summed E-state index contributed by atoms with van der Waals surface area (Å²) in [6.07, 6.45) is 4.34. The van der Waals surface area contributed by atoms with Crippen LogP contribution in [0.1, 0.15) is 12.6 Å². The fourth-order valence-electron chi connectivity index (χ4n) is 3.36. The molecule has 2 nitrogen and oxygen atoms in total. The number of halogens is 3. The van der Waals surface area contributed by atoms with Crippen LogP contribution in [0.15, 0.2) is 89.8 Å². The first-order valence-corrected chi connectivity index (χ1v) is 10.5. The van der Waals surface area contributed by atoms with Crippen molar-refractivity contribution in [2.24, 2.45) is 0 Å². The van der Waals surface area contributed by atoms with Crippen molar-refractivity contribution in [1.82, 2.24) is 9.55 Å². The Morgan fingerprint density at radius 3 is 1.83 bits per heavy atom. The second-order valence-corrected chi connectivity index (χ2v) is 7.80. The average molecular weight is 467 g/mol. The number of nitrogens with zero attached hydrogens (tertiary/aromatic N) is 2. The fraction of sp³-hybridized carbons (Fsp3) is 0.125. The van der Waals surface area contributed by atoms with Gasteiger partial charge in [0.25, 0.3) is 0 Å². The Morgan fingerprint density at radius 2 is 1.40 bits per heavy atom. The summed E-state index contributed by atoms with van der Waals surface area (Å²) < 4.78 is 30.6. The van der Waals surface area contributed by atoms with Gasteiger partial charge in [-0.05, 0) is 54.2 Å². The van der Waals surface area contributed by atoms with Gasteiger partial charge in [0.1, 0.15) is 11.6 Å². The zero-order valence-electron chi connectivity index (χ0n) is 16.9. The van der Waals surface area contributed by atoms with Crippen molar-refractivity contribution < 1.29 is 8.78 Å². The molecule has 0 unspecified atom stereocenters. The first kappa shape index (κ1) is 22.0. The van der Waals surface area contributed by atoms with Gasteiger partial charge in [0.05, 0.1) is 6.33 Å². The molecule has 1 aromatic heterocycles. The van der Waals surface area contributed by atoms with Crippen LogP contribution in [-0.4, -0.2) is 16.3 Å². The van der Waals surface area contributed by atoms with Gasteiger partial charge in [0, 0.05) is 22.1 Å². The second kappa shape index (κ2) is 10.3. The van der Waals surface area contributed by atoms with Crippen molar-refractivity contribution in [3.05, 3.63) is 107 Å². The topological polar surface area (TPSA) is 17.8 Å². The summed E-state index contributed by atoms with van der Waals surface area (Å²) in [5.41, 5.74) is 3.39. The third kappa shape index (κ3) is 5.25. The van der Waals surface area contributed by atoms with Gasteiger partial charge in [-0.25, -0.2) is 13.8 Å². The molecule has 0 saturated carbocycles. The van der Waals surface area contributed by atoms with Crippen molar-refractivity contribution in [2.45, 2.75) is 20.2 Å². The summed E-state index contributed by atoms with van der Waals surface area (Å²) in [6, 6.07) is 21.3. The van der Waals surface area contributed by atoms with E-state index in [-0.39, 0.29) is 18.3 Å². The lowest BCUT2D eigenvalue weighted by Crippen LogP contribution is -2.44. The molecule has 4 aromatic rings. The summed E-state index contributed by atoms with van der Waals surface area (Å²) in [6.45, 7) is 3.75. The van der Waals surface area contributed by atoms with E-state index in [1.807, 2.05) is 43.1 Å². The van der Waals surface area contributed by atoms with Crippen molar-refractivity contribution >= 4 is 33.6 Å². The largest absolute Gasteiger partial charge is 0.304 e. The fourth-order valence-corrected chi connectivity index (χ4v) is 3.62. The van der Waals surface area contributed by atoms with Crippen LogP contribution in [0.3, 0.4) is 0 Å². The number of imidazole rings is 1. The molecule has 0 aliphatic heterocycles. The molecule has 0 aliphatic rings. The normalized spacial score (nSPS) is 10.3. The minimum atomic E-state index is -0.275. The Kier molecular flexibility index (Phi) is 7.58. The lowest BCUT2D eigenvalue weighted by molar-refractivity contribution is 0.633. The number of rotatable bonds is 4.